The van der Waals surface area contributed by atoms with Gasteiger partial charge >= 0.3 is 7.60 Å². The van der Waals surface area contributed by atoms with E-state index in [-0.39, 0.29) is 22.7 Å². The standard InChI is InChI=1S/2C18H38.C15H25O4P/c2*1-3-5-7-9-11-13-15-17-18-16-14-12-10-8-6-4-2;1-14(2,3)11-7-10(9-20(17,18)19)8-12(13(11)16)15(4,5)6/h2*3-18H2,1-2H3;7-8,16H,9H2,1-6H3,(H2,17,18,19). The van der Waals surface area contributed by atoms with Crippen LogP contribution in [0.5, 0.6) is 5.75 Å². The first-order valence-electron chi connectivity index (χ1n) is 24.5. The Balaban J connectivity index is 0. The fraction of sp³-hybridized carbons (Fsp3) is 0.882. The molecule has 0 aliphatic rings. The smallest absolute Gasteiger partial charge is 0.329 e. The van der Waals surface area contributed by atoms with E-state index < -0.39 is 7.60 Å². The molecule has 0 saturated heterocycles. The van der Waals surface area contributed by atoms with E-state index >= 15 is 0 Å². The molecule has 1 rings (SSSR count). The van der Waals surface area contributed by atoms with Gasteiger partial charge in [-0.2, -0.15) is 0 Å². The average Bonchev–Trinajstić information content (AvgIpc) is 3.11. The molecule has 0 spiro atoms. The average molecular weight is 809 g/mol. The van der Waals surface area contributed by atoms with Crippen LogP contribution in [0.2, 0.25) is 0 Å². The molecule has 0 saturated carbocycles. The number of rotatable bonds is 32. The highest BCUT2D eigenvalue weighted by Gasteiger charge is 2.28. The normalized spacial score (nSPS) is 11.9. The Labute approximate surface area is 352 Å². The fourth-order valence-electron chi connectivity index (χ4n) is 7.41. The van der Waals surface area contributed by atoms with Gasteiger partial charge in [-0.3, -0.25) is 4.57 Å². The molecule has 5 heteroatoms. The van der Waals surface area contributed by atoms with E-state index in [0.717, 1.165) is 0 Å². The van der Waals surface area contributed by atoms with Crippen LogP contribution in [0.3, 0.4) is 0 Å². The number of benzene rings is 1. The molecule has 1 aromatic carbocycles. The molecule has 56 heavy (non-hydrogen) atoms. The van der Waals surface area contributed by atoms with E-state index in [1.165, 1.54) is 205 Å². The molecule has 0 aliphatic carbocycles. The maximum absolute atomic E-state index is 11.2. The van der Waals surface area contributed by atoms with Crippen molar-refractivity contribution in [1.29, 1.82) is 0 Å². The zero-order valence-electron chi connectivity index (χ0n) is 39.7. The number of unbranched alkanes of at least 4 members (excludes halogenated alkanes) is 30. The van der Waals surface area contributed by atoms with E-state index in [9.17, 15) is 19.5 Å². The molecule has 0 aliphatic heterocycles. The van der Waals surface area contributed by atoms with Crippen LogP contribution in [-0.2, 0) is 21.6 Å². The predicted octanol–water partition coefficient (Wildman–Crippen LogP) is 18.2. The number of phenolic OH excluding ortho intramolecular Hbond substituents is 1. The van der Waals surface area contributed by atoms with Crippen molar-refractivity contribution < 1.29 is 19.5 Å². The molecular weight excluding hydrogens is 708 g/mol. The van der Waals surface area contributed by atoms with Gasteiger partial charge in [0.25, 0.3) is 0 Å². The minimum absolute atomic E-state index is 0.222. The molecule has 3 N–H and O–H groups in total. The predicted molar refractivity (Wildman–Crippen MR) is 252 cm³/mol. The summed E-state index contributed by atoms with van der Waals surface area (Å²) in [5, 5.41) is 10.5. The van der Waals surface area contributed by atoms with E-state index in [1.807, 2.05) is 41.5 Å². The zero-order chi connectivity index (χ0) is 42.6. The topological polar surface area (TPSA) is 77.8 Å². The Morgan fingerprint density at radius 1 is 0.393 bits per heavy atom. The molecule has 4 nitrogen and oxygen atoms in total. The van der Waals surface area contributed by atoms with Gasteiger partial charge in [0.05, 0.1) is 6.16 Å². The maximum atomic E-state index is 11.2. The summed E-state index contributed by atoms with van der Waals surface area (Å²) in [7, 11) is -4.13. The first kappa shape index (κ1) is 57.3. The van der Waals surface area contributed by atoms with Crippen molar-refractivity contribution in [2.45, 2.75) is 292 Å². The summed E-state index contributed by atoms with van der Waals surface area (Å²) in [5.74, 6) is 0.222. The van der Waals surface area contributed by atoms with E-state index in [2.05, 4.69) is 27.7 Å². The Kier molecular flexibility index (Phi) is 38.0. The van der Waals surface area contributed by atoms with Crippen molar-refractivity contribution in [3.05, 3.63) is 28.8 Å². The molecule has 0 bridgehead atoms. The van der Waals surface area contributed by atoms with Crippen LogP contribution in [0, 0.1) is 0 Å². The van der Waals surface area contributed by atoms with E-state index in [0.29, 0.717) is 16.7 Å². The van der Waals surface area contributed by atoms with Crippen LogP contribution < -0.4 is 0 Å². The monoisotopic (exact) mass is 809 g/mol. The summed E-state index contributed by atoms with van der Waals surface area (Å²) in [6.07, 6.45) is 46.5. The summed E-state index contributed by atoms with van der Waals surface area (Å²) < 4.78 is 11.2. The first-order chi connectivity index (χ1) is 26.5. The Morgan fingerprint density at radius 2 is 0.571 bits per heavy atom. The molecule has 334 valence electrons. The molecule has 0 fully saturated rings. The Bertz CT molecular complexity index is 932. The summed E-state index contributed by atoms with van der Waals surface area (Å²) in [5.41, 5.74) is 1.40. The quantitative estimate of drug-likeness (QED) is 0.0500. The van der Waals surface area contributed by atoms with Crippen LogP contribution in [0.1, 0.15) is 291 Å². The molecule has 0 radical (unpaired) electrons. The highest BCUT2D eigenvalue weighted by atomic mass is 31.2. The highest BCUT2D eigenvalue weighted by molar-refractivity contribution is 7.50. The van der Waals surface area contributed by atoms with Crippen LogP contribution >= 0.6 is 7.60 Å². The fourth-order valence-corrected chi connectivity index (χ4v) is 8.07. The second-order valence-electron chi connectivity index (χ2n) is 19.3. The Hall–Kier alpha value is -0.830. The largest absolute Gasteiger partial charge is 0.507 e. The molecule has 0 amide bonds. The van der Waals surface area contributed by atoms with Crippen LogP contribution in [-0.4, -0.2) is 14.9 Å². The van der Waals surface area contributed by atoms with Crippen molar-refractivity contribution in [3.8, 4) is 5.75 Å². The number of aromatic hydroxyl groups is 1. The lowest BCUT2D eigenvalue weighted by atomic mass is 9.78. The minimum atomic E-state index is -4.13. The number of hydrogen-bond donors (Lipinski definition) is 3. The van der Waals surface area contributed by atoms with Gasteiger partial charge in [0.15, 0.2) is 0 Å². The highest BCUT2D eigenvalue weighted by Crippen LogP contribution is 2.44. The third-order valence-corrected chi connectivity index (χ3v) is 11.9. The van der Waals surface area contributed by atoms with E-state index in [1.54, 1.807) is 12.1 Å². The SMILES string of the molecule is CC(C)(C)c1cc(CP(=O)(O)O)cc(C(C)(C)C)c1O.CCCCCCCCCCCCCCCCCC.CCCCCCCCCCCCCCCCCC. The van der Waals surface area contributed by atoms with Crippen molar-refractivity contribution in [2.75, 3.05) is 0 Å². The van der Waals surface area contributed by atoms with Gasteiger partial charge in [0, 0.05) is 0 Å². The van der Waals surface area contributed by atoms with Crippen LogP contribution in [0.25, 0.3) is 0 Å². The van der Waals surface area contributed by atoms with Crippen molar-refractivity contribution in [3.63, 3.8) is 0 Å². The lowest BCUT2D eigenvalue weighted by Crippen LogP contribution is -2.18. The van der Waals surface area contributed by atoms with Crippen molar-refractivity contribution in [1.82, 2.24) is 0 Å². The lowest BCUT2D eigenvalue weighted by molar-refractivity contribution is 0.371. The van der Waals surface area contributed by atoms with Gasteiger partial charge in [-0.25, -0.2) is 0 Å². The zero-order valence-corrected chi connectivity index (χ0v) is 40.6. The second-order valence-corrected chi connectivity index (χ2v) is 20.9. The maximum Gasteiger partial charge on any atom is 0.329 e. The van der Waals surface area contributed by atoms with Gasteiger partial charge < -0.3 is 14.9 Å². The van der Waals surface area contributed by atoms with Gasteiger partial charge in [0.2, 0.25) is 0 Å². The molecule has 0 atom stereocenters. The van der Waals surface area contributed by atoms with Crippen LogP contribution in [0.4, 0.5) is 0 Å². The van der Waals surface area contributed by atoms with Gasteiger partial charge in [0.1, 0.15) is 5.75 Å². The van der Waals surface area contributed by atoms with Gasteiger partial charge in [-0.15, -0.1) is 0 Å². The first-order valence-corrected chi connectivity index (χ1v) is 26.3. The summed E-state index contributed by atoms with van der Waals surface area (Å²) in [6, 6.07) is 3.40. The molecule has 0 aromatic heterocycles. The number of hydrogen-bond acceptors (Lipinski definition) is 2. The van der Waals surface area contributed by atoms with Gasteiger partial charge in [-0.1, -0.05) is 287 Å². The number of phenols is 1. The minimum Gasteiger partial charge on any atom is -0.507 e. The third kappa shape index (κ3) is 37.4. The summed E-state index contributed by atoms with van der Waals surface area (Å²) in [4.78, 5) is 18.4. The summed E-state index contributed by atoms with van der Waals surface area (Å²) in [6.45, 7) is 21.0. The van der Waals surface area contributed by atoms with Crippen molar-refractivity contribution in [2.24, 2.45) is 0 Å². The Morgan fingerprint density at radius 3 is 0.714 bits per heavy atom. The molecule has 0 heterocycles. The third-order valence-electron chi connectivity index (χ3n) is 11.1. The van der Waals surface area contributed by atoms with Crippen molar-refractivity contribution >= 4 is 7.60 Å². The molecule has 0 unspecified atom stereocenters. The van der Waals surface area contributed by atoms with Crippen LogP contribution in [0.15, 0.2) is 12.1 Å². The second kappa shape index (κ2) is 37.2. The lowest BCUT2D eigenvalue weighted by Gasteiger charge is -2.28. The van der Waals surface area contributed by atoms with E-state index in [4.69, 9.17) is 0 Å². The molecular formula is C51H101O4P. The van der Waals surface area contributed by atoms with Gasteiger partial charge in [-0.05, 0) is 27.5 Å². The molecule has 1 aromatic rings. The summed E-state index contributed by atoms with van der Waals surface area (Å²) >= 11 is 0.